The number of carbonyl (C=O) groups excluding carboxylic acids is 1. The van der Waals surface area contributed by atoms with Gasteiger partial charge >= 0.3 is 0 Å². The molecule has 1 aromatic rings. The maximum Gasteiger partial charge on any atom is 0.239 e. The van der Waals surface area contributed by atoms with E-state index in [1.54, 1.807) is 6.20 Å². The number of hydrogen-bond donors (Lipinski definition) is 1. The van der Waals surface area contributed by atoms with E-state index < -0.39 is 0 Å². The van der Waals surface area contributed by atoms with Gasteiger partial charge < -0.3 is 10.6 Å². The molecule has 1 aromatic heterocycles. The van der Waals surface area contributed by atoms with E-state index in [0.29, 0.717) is 11.0 Å². The van der Waals surface area contributed by atoms with E-state index in [1.165, 1.54) is 11.3 Å². The molecule has 2 heterocycles. The summed E-state index contributed by atoms with van der Waals surface area (Å²) in [6.45, 7) is 9.61. The Bertz CT molecular complexity index is 446. The third-order valence-electron chi connectivity index (χ3n) is 3.39. The molecule has 0 aromatic carbocycles. The van der Waals surface area contributed by atoms with E-state index in [9.17, 15) is 4.79 Å². The highest BCUT2D eigenvalue weighted by atomic mass is 32.1. The monoisotopic (exact) mass is 282 g/mol. The van der Waals surface area contributed by atoms with Crippen molar-refractivity contribution in [2.75, 3.05) is 25.4 Å². The van der Waals surface area contributed by atoms with Crippen molar-refractivity contribution in [3.63, 3.8) is 0 Å². The molecule has 5 nitrogen and oxygen atoms in total. The minimum absolute atomic E-state index is 0.0594. The highest BCUT2D eigenvalue weighted by molar-refractivity contribution is 7.15. The van der Waals surface area contributed by atoms with Crippen molar-refractivity contribution >= 4 is 22.4 Å². The first-order valence-corrected chi connectivity index (χ1v) is 7.52. The molecule has 1 fully saturated rings. The molecule has 6 heteroatoms. The van der Waals surface area contributed by atoms with Crippen molar-refractivity contribution < 1.29 is 4.79 Å². The van der Waals surface area contributed by atoms with Crippen LogP contribution in [0.3, 0.4) is 0 Å². The lowest BCUT2D eigenvalue weighted by Gasteiger charge is -2.39. The summed E-state index contributed by atoms with van der Waals surface area (Å²) < 4.78 is 0. The Kier molecular flexibility index (Phi) is 4.42. The Morgan fingerprint density at radius 3 is 2.84 bits per heavy atom. The Labute approximate surface area is 118 Å². The average Bonchev–Trinajstić information content (AvgIpc) is 2.74. The van der Waals surface area contributed by atoms with Gasteiger partial charge in [-0.2, -0.15) is 0 Å². The fourth-order valence-electron chi connectivity index (χ4n) is 2.41. The third kappa shape index (κ3) is 3.45. The van der Waals surface area contributed by atoms with E-state index in [0.717, 1.165) is 31.1 Å². The van der Waals surface area contributed by atoms with Crippen LogP contribution in [0.4, 0.5) is 5.13 Å². The Morgan fingerprint density at radius 2 is 2.26 bits per heavy atom. The van der Waals surface area contributed by atoms with Crippen molar-refractivity contribution in [2.45, 2.75) is 33.4 Å². The van der Waals surface area contributed by atoms with Gasteiger partial charge in [0.15, 0.2) is 5.13 Å². The van der Waals surface area contributed by atoms with Crippen LogP contribution in [0.5, 0.6) is 0 Å². The first kappa shape index (κ1) is 14.3. The SMILES string of the molecule is CC(C)CN1CCN(Cc2cnc(N)s2)C(C)C1=O. The molecular formula is C13H22N4OS. The van der Waals surface area contributed by atoms with Crippen LogP contribution < -0.4 is 5.73 Å². The lowest BCUT2D eigenvalue weighted by Crippen LogP contribution is -2.55. The van der Waals surface area contributed by atoms with Crippen molar-refractivity contribution in [3.8, 4) is 0 Å². The molecule has 2 N–H and O–H groups in total. The second-order valence-electron chi connectivity index (χ2n) is 5.49. The second-order valence-corrected chi connectivity index (χ2v) is 6.64. The zero-order valence-corrected chi connectivity index (χ0v) is 12.6. The van der Waals surface area contributed by atoms with Gasteiger partial charge in [-0.1, -0.05) is 13.8 Å². The highest BCUT2D eigenvalue weighted by Crippen LogP contribution is 2.20. The Morgan fingerprint density at radius 1 is 1.53 bits per heavy atom. The largest absolute Gasteiger partial charge is 0.375 e. The van der Waals surface area contributed by atoms with E-state index in [-0.39, 0.29) is 11.9 Å². The number of hydrogen-bond acceptors (Lipinski definition) is 5. The Balaban J connectivity index is 1.97. The molecule has 1 atom stereocenters. The molecule has 0 spiro atoms. The smallest absolute Gasteiger partial charge is 0.239 e. The summed E-state index contributed by atoms with van der Waals surface area (Å²) in [5.41, 5.74) is 5.64. The van der Waals surface area contributed by atoms with Crippen LogP contribution in [-0.2, 0) is 11.3 Å². The van der Waals surface area contributed by atoms with Gasteiger partial charge in [0.25, 0.3) is 0 Å². The number of nitrogens with zero attached hydrogens (tertiary/aromatic N) is 3. The van der Waals surface area contributed by atoms with Crippen LogP contribution in [0.15, 0.2) is 6.20 Å². The molecule has 1 aliphatic rings. The van der Waals surface area contributed by atoms with Crippen LogP contribution in [0.1, 0.15) is 25.6 Å². The number of amides is 1. The molecule has 106 valence electrons. The zero-order chi connectivity index (χ0) is 14.0. The van der Waals surface area contributed by atoms with Gasteiger partial charge in [-0.25, -0.2) is 4.98 Å². The number of carbonyl (C=O) groups is 1. The van der Waals surface area contributed by atoms with Gasteiger partial charge in [0.1, 0.15) is 0 Å². The molecule has 0 bridgehead atoms. The van der Waals surface area contributed by atoms with Gasteiger partial charge in [-0.05, 0) is 12.8 Å². The molecule has 1 aliphatic heterocycles. The lowest BCUT2D eigenvalue weighted by atomic mass is 10.1. The minimum Gasteiger partial charge on any atom is -0.375 e. The Hall–Kier alpha value is -1.14. The second kappa shape index (κ2) is 5.88. The number of piperazine rings is 1. The quantitative estimate of drug-likeness (QED) is 0.907. The zero-order valence-electron chi connectivity index (χ0n) is 11.8. The first-order chi connectivity index (χ1) is 8.97. The minimum atomic E-state index is -0.0594. The number of aromatic nitrogens is 1. The first-order valence-electron chi connectivity index (χ1n) is 6.70. The normalized spacial score (nSPS) is 21.4. The summed E-state index contributed by atoms with van der Waals surface area (Å²) in [6, 6.07) is -0.0594. The topological polar surface area (TPSA) is 62.5 Å². The van der Waals surface area contributed by atoms with E-state index >= 15 is 0 Å². The number of nitrogens with two attached hydrogens (primary N) is 1. The van der Waals surface area contributed by atoms with Crippen molar-refractivity contribution in [1.29, 1.82) is 0 Å². The summed E-state index contributed by atoms with van der Waals surface area (Å²) in [5.74, 6) is 0.751. The molecule has 0 saturated carbocycles. The molecule has 19 heavy (non-hydrogen) atoms. The molecule has 1 amide bonds. The van der Waals surface area contributed by atoms with Crippen LogP contribution in [0.2, 0.25) is 0 Å². The third-order valence-corrected chi connectivity index (χ3v) is 4.20. The van der Waals surface area contributed by atoms with Gasteiger partial charge in [0.05, 0.1) is 6.04 Å². The fraction of sp³-hybridized carbons (Fsp3) is 0.692. The van der Waals surface area contributed by atoms with Crippen molar-refractivity contribution in [1.82, 2.24) is 14.8 Å². The van der Waals surface area contributed by atoms with Crippen molar-refractivity contribution in [3.05, 3.63) is 11.1 Å². The van der Waals surface area contributed by atoms with Gasteiger partial charge in [-0.15, -0.1) is 11.3 Å². The average molecular weight is 282 g/mol. The summed E-state index contributed by atoms with van der Waals surface area (Å²) in [5, 5.41) is 0.590. The lowest BCUT2D eigenvalue weighted by molar-refractivity contribution is -0.141. The number of nitrogen functional groups attached to an aromatic ring is 1. The van der Waals surface area contributed by atoms with Gasteiger partial charge in [-0.3, -0.25) is 9.69 Å². The number of anilines is 1. The van der Waals surface area contributed by atoms with E-state index in [1.807, 2.05) is 11.8 Å². The van der Waals surface area contributed by atoms with Crippen molar-refractivity contribution in [2.24, 2.45) is 5.92 Å². The number of thiazole rings is 1. The summed E-state index contributed by atoms with van der Waals surface area (Å²) in [6.07, 6.45) is 1.80. The highest BCUT2D eigenvalue weighted by Gasteiger charge is 2.31. The predicted octanol–water partition coefficient (Wildman–Crippen LogP) is 1.41. The van der Waals surface area contributed by atoms with Gasteiger partial charge in [0.2, 0.25) is 5.91 Å². The van der Waals surface area contributed by atoms with E-state index in [4.69, 9.17) is 5.73 Å². The molecule has 2 rings (SSSR count). The molecule has 0 radical (unpaired) electrons. The molecule has 1 saturated heterocycles. The molecule has 1 unspecified atom stereocenters. The maximum absolute atomic E-state index is 12.3. The van der Waals surface area contributed by atoms with Crippen LogP contribution in [-0.4, -0.2) is 46.4 Å². The molecule has 0 aliphatic carbocycles. The summed E-state index contributed by atoms with van der Waals surface area (Å²) in [4.78, 5) is 21.7. The predicted molar refractivity (Wildman–Crippen MR) is 77.8 cm³/mol. The number of rotatable bonds is 4. The van der Waals surface area contributed by atoms with Crippen LogP contribution in [0.25, 0.3) is 0 Å². The van der Waals surface area contributed by atoms with Crippen LogP contribution in [0, 0.1) is 5.92 Å². The van der Waals surface area contributed by atoms with Gasteiger partial charge in [0, 0.05) is 37.3 Å². The summed E-state index contributed by atoms with van der Waals surface area (Å²) in [7, 11) is 0. The standard InChI is InChI=1S/C13H22N4OS/c1-9(2)7-17-5-4-16(10(3)12(17)18)8-11-6-15-13(14)19-11/h6,9-10H,4-5,7-8H2,1-3H3,(H2,14,15). The van der Waals surface area contributed by atoms with E-state index in [2.05, 4.69) is 23.7 Å². The maximum atomic E-state index is 12.3. The van der Waals surface area contributed by atoms with Crippen LogP contribution >= 0.6 is 11.3 Å². The molecular weight excluding hydrogens is 260 g/mol. The summed E-state index contributed by atoms with van der Waals surface area (Å²) >= 11 is 1.50. The fourth-order valence-corrected chi connectivity index (χ4v) is 3.12.